The van der Waals surface area contributed by atoms with Gasteiger partial charge in [0, 0.05) is 0 Å². The van der Waals surface area contributed by atoms with E-state index < -0.39 is 8.07 Å². The summed E-state index contributed by atoms with van der Waals surface area (Å²) in [6, 6.07) is 22.8. The second kappa shape index (κ2) is 8.63. The smallest absolute Gasteiger partial charge is 1.00 e. The molecule has 2 aliphatic rings. The second-order valence-electron chi connectivity index (χ2n) is 9.82. The van der Waals surface area contributed by atoms with Gasteiger partial charge in [0.15, 0.2) is 0 Å². The zero-order valence-corrected chi connectivity index (χ0v) is 20.7. The summed E-state index contributed by atoms with van der Waals surface area (Å²) in [6.07, 6.45) is 10.1. The van der Waals surface area contributed by atoms with Crippen LogP contribution in [0.2, 0.25) is 13.1 Å². The molecule has 5 rings (SSSR count). The van der Waals surface area contributed by atoms with Crippen molar-refractivity contribution in [3.63, 3.8) is 0 Å². The number of rotatable bonds is 5. The van der Waals surface area contributed by atoms with Crippen LogP contribution in [0.4, 0.5) is 0 Å². The first kappa shape index (κ1) is 22.4. The van der Waals surface area contributed by atoms with Crippen LogP contribution in [0, 0.1) is 5.92 Å². The zero-order chi connectivity index (χ0) is 20.9. The van der Waals surface area contributed by atoms with Crippen LogP contribution in [-0.4, -0.2) is 8.07 Å². The molecule has 2 heteroatoms. The standard InChI is InChI=1S/C29H32Si.Li.H/c1-5-10-20(2)27-19-29(25-14-9-8-13-23(25)27)30(3,4)28-18-17-24-22-12-7-6-11-21(22)15-16-26(24)28;;/h6-9,11-20,28-29H,5,10H2,1-4H3;;/q;+1;-1. The molecule has 0 aromatic heterocycles. The van der Waals surface area contributed by atoms with Crippen molar-refractivity contribution in [2.75, 3.05) is 0 Å². The molecule has 31 heavy (non-hydrogen) atoms. The summed E-state index contributed by atoms with van der Waals surface area (Å²) in [5.74, 6) is 0.640. The van der Waals surface area contributed by atoms with E-state index in [-0.39, 0.29) is 20.3 Å². The summed E-state index contributed by atoms with van der Waals surface area (Å²) in [4.78, 5) is 0. The summed E-state index contributed by atoms with van der Waals surface area (Å²) in [7, 11) is -1.70. The van der Waals surface area contributed by atoms with Crippen LogP contribution in [0.3, 0.4) is 0 Å². The van der Waals surface area contributed by atoms with E-state index in [1.807, 2.05) is 0 Å². The fraction of sp³-hybridized carbons (Fsp3) is 0.310. The maximum absolute atomic E-state index is 2.67. The minimum atomic E-state index is -1.70. The number of allylic oxidation sites excluding steroid dienone is 3. The zero-order valence-electron chi connectivity index (χ0n) is 20.7. The van der Waals surface area contributed by atoms with E-state index in [0.29, 0.717) is 17.0 Å². The summed E-state index contributed by atoms with van der Waals surface area (Å²) >= 11 is 0. The van der Waals surface area contributed by atoms with Gasteiger partial charge in [-0.1, -0.05) is 112 Å². The Morgan fingerprint density at radius 3 is 2.45 bits per heavy atom. The third-order valence-electron chi connectivity index (χ3n) is 7.60. The van der Waals surface area contributed by atoms with E-state index in [0.717, 1.165) is 0 Å². The molecule has 0 bridgehead atoms. The van der Waals surface area contributed by atoms with Crippen molar-refractivity contribution in [1.82, 2.24) is 0 Å². The van der Waals surface area contributed by atoms with Crippen molar-refractivity contribution in [2.45, 2.75) is 50.9 Å². The molecule has 0 nitrogen and oxygen atoms in total. The second-order valence-corrected chi connectivity index (χ2v) is 14.7. The predicted molar refractivity (Wildman–Crippen MR) is 136 cm³/mol. The molecule has 0 aliphatic heterocycles. The fourth-order valence-corrected chi connectivity index (χ4v) is 9.63. The largest absolute Gasteiger partial charge is 1.00 e. The van der Waals surface area contributed by atoms with Gasteiger partial charge in [-0.05, 0) is 62.0 Å². The van der Waals surface area contributed by atoms with Crippen molar-refractivity contribution in [3.8, 4) is 0 Å². The van der Waals surface area contributed by atoms with E-state index in [1.165, 1.54) is 34.7 Å². The number of benzene rings is 3. The third-order valence-corrected chi connectivity index (χ3v) is 11.8. The Kier molecular flexibility index (Phi) is 6.24. The van der Waals surface area contributed by atoms with Crippen molar-refractivity contribution < 1.29 is 20.3 Å². The fourth-order valence-electron chi connectivity index (χ4n) is 5.93. The molecule has 3 aromatic rings. The van der Waals surface area contributed by atoms with Crippen molar-refractivity contribution >= 4 is 30.5 Å². The average molecular weight is 417 g/mol. The van der Waals surface area contributed by atoms with Crippen LogP contribution in [0.5, 0.6) is 0 Å². The van der Waals surface area contributed by atoms with Crippen LogP contribution >= 0.6 is 0 Å². The van der Waals surface area contributed by atoms with Gasteiger partial charge in [-0.25, -0.2) is 0 Å². The van der Waals surface area contributed by atoms with E-state index in [9.17, 15) is 0 Å². The van der Waals surface area contributed by atoms with Gasteiger partial charge in [-0.3, -0.25) is 0 Å². The molecule has 0 fully saturated rings. The topological polar surface area (TPSA) is 0 Å². The molecule has 2 aliphatic carbocycles. The molecule has 3 unspecified atom stereocenters. The molecule has 0 amide bonds. The quantitative estimate of drug-likeness (QED) is 0.484. The first-order chi connectivity index (χ1) is 14.5. The SMILES string of the molecule is CCCC(C)C1=CC([Si](C)(C)C2C=Cc3c2ccc2ccccc32)c2ccccc21.[H-].[Li+]. The van der Waals surface area contributed by atoms with Gasteiger partial charge in [-0.2, -0.15) is 0 Å². The summed E-state index contributed by atoms with van der Waals surface area (Å²) in [5, 5.41) is 2.75. The van der Waals surface area contributed by atoms with Crippen LogP contribution in [0.15, 0.2) is 72.8 Å². The normalized spacial score (nSPS) is 20.2. The first-order valence-electron chi connectivity index (χ1n) is 11.5. The molecular weight excluding hydrogens is 383 g/mol. The molecule has 0 saturated carbocycles. The average Bonchev–Trinajstić information content (AvgIpc) is 3.37. The van der Waals surface area contributed by atoms with E-state index >= 15 is 0 Å². The number of hydrogen-bond acceptors (Lipinski definition) is 0. The van der Waals surface area contributed by atoms with E-state index in [4.69, 9.17) is 0 Å². The Balaban J connectivity index is 0.00000144. The summed E-state index contributed by atoms with van der Waals surface area (Å²) in [5.41, 5.74) is 8.83. The molecule has 3 aromatic carbocycles. The number of hydrogen-bond donors (Lipinski definition) is 0. The van der Waals surface area contributed by atoms with E-state index in [2.05, 4.69) is 106 Å². The van der Waals surface area contributed by atoms with Gasteiger partial charge in [0.25, 0.3) is 0 Å². The third kappa shape index (κ3) is 3.62. The van der Waals surface area contributed by atoms with Gasteiger partial charge >= 0.3 is 18.9 Å². The van der Waals surface area contributed by atoms with Crippen molar-refractivity contribution in [1.29, 1.82) is 0 Å². The molecular formula is C29H33LiSi. The first-order valence-corrected chi connectivity index (χ1v) is 14.7. The maximum Gasteiger partial charge on any atom is 1.00 e. The van der Waals surface area contributed by atoms with Crippen LogP contribution in [-0.2, 0) is 0 Å². The van der Waals surface area contributed by atoms with E-state index in [1.54, 1.807) is 16.7 Å². The molecule has 154 valence electrons. The Hall–Kier alpha value is -1.79. The van der Waals surface area contributed by atoms with Gasteiger partial charge in [0.2, 0.25) is 0 Å². The molecule has 3 atom stereocenters. The van der Waals surface area contributed by atoms with Crippen molar-refractivity contribution in [2.24, 2.45) is 5.92 Å². The Morgan fingerprint density at radius 2 is 1.65 bits per heavy atom. The summed E-state index contributed by atoms with van der Waals surface area (Å²) < 4.78 is 0. The molecule has 0 N–H and O–H groups in total. The number of fused-ring (bicyclic) bond motifs is 4. The molecule has 0 radical (unpaired) electrons. The van der Waals surface area contributed by atoms with Crippen LogP contribution in [0.1, 0.15) is 61.5 Å². The monoisotopic (exact) mass is 416 g/mol. The van der Waals surface area contributed by atoms with Crippen LogP contribution < -0.4 is 18.9 Å². The molecule has 0 heterocycles. The van der Waals surface area contributed by atoms with Crippen LogP contribution in [0.25, 0.3) is 22.4 Å². The minimum Gasteiger partial charge on any atom is -1.00 e. The van der Waals surface area contributed by atoms with Gasteiger partial charge in [-0.15, -0.1) is 0 Å². The maximum atomic E-state index is 2.67. The Morgan fingerprint density at radius 1 is 0.903 bits per heavy atom. The van der Waals surface area contributed by atoms with Crippen molar-refractivity contribution in [3.05, 3.63) is 95.1 Å². The molecule has 0 spiro atoms. The Bertz CT molecular complexity index is 1180. The van der Waals surface area contributed by atoms with Gasteiger partial charge in [0.05, 0.1) is 8.07 Å². The molecule has 0 saturated heterocycles. The minimum absolute atomic E-state index is 0. The van der Waals surface area contributed by atoms with Gasteiger partial charge < -0.3 is 1.43 Å². The summed E-state index contributed by atoms with van der Waals surface area (Å²) in [6.45, 7) is 9.94. The predicted octanol–water partition coefficient (Wildman–Crippen LogP) is 5.47. The Labute approximate surface area is 202 Å². The van der Waals surface area contributed by atoms with Gasteiger partial charge in [0.1, 0.15) is 0 Å².